The zero-order valence-corrected chi connectivity index (χ0v) is 14.2. The van der Waals surface area contributed by atoms with Crippen LogP contribution in [0.2, 0.25) is 0 Å². The van der Waals surface area contributed by atoms with Crippen LogP contribution in [-0.2, 0) is 0 Å². The number of para-hydroxylation sites is 1. The van der Waals surface area contributed by atoms with E-state index in [1.807, 2.05) is 35.2 Å². The van der Waals surface area contributed by atoms with Crippen LogP contribution in [0.25, 0.3) is 0 Å². The zero-order chi connectivity index (χ0) is 17.1. The van der Waals surface area contributed by atoms with Gasteiger partial charge in [0.15, 0.2) is 0 Å². The van der Waals surface area contributed by atoms with Crippen molar-refractivity contribution in [3.8, 4) is 11.5 Å². The third-order valence-electron chi connectivity index (χ3n) is 5.24. The van der Waals surface area contributed by atoms with E-state index in [0.717, 1.165) is 44.8 Å². The van der Waals surface area contributed by atoms with Crippen molar-refractivity contribution in [3.05, 3.63) is 54.4 Å². The van der Waals surface area contributed by atoms with Crippen LogP contribution in [0.1, 0.15) is 23.3 Å². The number of hydrogen-bond acceptors (Lipinski definition) is 4. The number of nitrogens with zero attached hydrogens (tertiary/aromatic N) is 2. The Morgan fingerprint density at radius 2 is 1.76 bits per heavy atom. The Morgan fingerprint density at radius 3 is 2.48 bits per heavy atom. The molecule has 0 saturated carbocycles. The lowest BCUT2D eigenvalue weighted by molar-refractivity contribution is 0.0752. The van der Waals surface area contributed by atoms with Gasteiger partial charge >= 0.3 is 0 Å². The fraction of sp³-hybridized carbons (Fsp3) is 0.400. The quantitative estimate of drug-likeness (QED) is 0.936. The summed E-state index contributed by atoms with van der Waals surface area (Å²) in [7, 11) is 0. The third kappa shape index (κ3) is 3.66. The Labute approximate surface area is 148 Å². The highest BCUT2D eigenvalue weighted by Crippen LogP contribution is 2.28. The van der Waals surface area contributed by atoms with Crippen LogP contribution in [0, 0.1) is 11.8 Å². The SMILES string of the molecule is O=C(c1cc(Oc2ccccc2)ccn1)N1CC[C@@H]2CNC[C@@H]2CC1. The standard InChI is InChI=1S/C20H23N3O2/c24-20(23-10-7-15-13-21-14-16(15)8-11-23)19-12-18(6-9-22-19)25-17-4-2-1-3-5-17/h1-6,9,12,15-16,21H,7-8,10-11,13-14H2/t15-,16+. The van der Waals surface area contributed by atoms with E-state index in [4.69, 9.17) is 4.74 Å². The van der Waals surface area contributed by atoms with E-state index < -0.39 is 0 Å². The topological polar surface area (TPSA) is 54.5 Å². The average Bonchev–Trinajstić information content (AvgIpc) is 3.01. The van der Waals surface area contributed by atoms with Crippen molar-refractivity contribution in [1.82, 2.24) is 15.2 Å². The number of hydrogen-bond donors (Lipinski definition) is 1. The van der Waals surface area contributed by atoms with Crippen LogP contribution >= 0.6 is 0 Å². The molecule has 1 aromatic carbocycles. The second-order valence-corrected chi connectivity index (χ2v) is 6.84. The van der Waals surface area contributed by atoms with Gasteiger partial charge < -0.3 is 15.0 Å². The first-order chi connectivity index (χ1) is 12.3. The summed E-state index contributed by atoms with van der Waals surface area (Å²) in [5, 5.41) is 3.47. The lowest BCUT2D eigenvalue weighted by Crippen LogP contribution is -2.33. The fourth-order valence-corrected chi connectivity index (χ4v) is 3.80. The molecule has 1 aromatic heterocycles. The van der Waals surface area contributed by atoms with Gasteiger partial charge in [0.05, 0.1) is 0 Å². The van der Waals surface area contributed by atoms with E-state index in [-0.39, 0.29) is 5.91 Å². The number of likely N-dealkylation sites (tertiary alicyclic amines) is 1. The maximum absolute atomic E-state index is 12.9. The predicted molar refractivity (Wildman–Crippen MR) is 95.7 cm³/mol. The van der Waals surface area contributed by atoms with Crippen LogP contribution in [0.15, 0.2) is 48.7 Å². The van der Waals surface area contributed by atoms with Gasteiger partial charge in [-0.1, -0.05) is 18.2 Å². The second kappa shape index (κ2) is 7.23. The third-order valence-corrected chi connectivity index (χ3v) is 5.24. The molecule has 2 saturated heterocycles. The highest BCUT2D eigenvalue weighted by Gasteiger charge is 2.31. The maximum atomic E-state index is 12.9. The van der Waals surface area contributed by atoms with Crippen molar-refractivity contribution in [1.29, 1.82) is 0 Å². The molecule has 5 heteroatoms. The van der Waals surface area contributed by atoms with E-state index in [9.17, 15) is 4.79 Å². The van der Waals surface area contributed by atoms with E-state index >= 15 is 0 Å². The second-order valence-electron chi connectivity index (χ2n) is 6.84. The summed E-state index contributed by atoms with van der Waals surface area (Å²) in [4.78, 5) is 19.1. The first kappa shape index (κ1) is 16.1. The monoisotopic (exact) mass is 337 g/mol. The van der Waals surface area contributed by atoms with Crippen LogP contribution in [0.3, 0.4) is 0 Å². The lowest BCUT2D eigenvalue weighted by Gasteiger charge is -2.20. The van der Waals surface area contributed by atoms with Gasteiger partial charge in [0.25, 0.3) is 5.91 Å². The van der Waals surface area contributed by atoms with Crippen molar-refractivity contribution >= 4 is 5.91 Å². The molecule has 1 N–H and O–H groups in total. The molecular weight excluding hydrogens is 314 g/mol. The van der Waals surface area contributed by atoms with Gasteiger partial charge in [-0.15, -0.1) is 0 Å². The first-order valence-electron chi connectivity index (χ1n) is 8.98. The number of fused-ring (bicyclic) bond motifs is 1. The number of ether oxygens (including phenoxy) is 1. The molecule has 3 heterocycles. The smallest absolute Gasteiger partial charge is 0.272 e. The summed E-state index contributed by atoms with van der Waals surface area (Å²) in [5.41, 5.74) is 0.457. The zero-order valence-electron chi connectivity index (χ0n) is 14.2. The highest BCUT2D eigenvalue weighted by atomic mass is 16.5. The van der Waals surface area contributed by atoms with E-state index in [2.05, 4.69) is 10.3 Å². The van der Waals surface area contributed by atoms with Gasteiger partial charge in [-0.2, -0.15) is 0 Å². The molecule has 2 aliphatic heterocycles. The van der Waals surface area contributed by atoms with Gasteiger partial charge in [-0.3, -0.25) is 9.78 Å². The summed E-state index contributed by atoms with van der Waals surface area (Å²) in [6.45, 7) is 3.80. The minimum Gasteiger partial charge on any atom is -0.457 e. The molecule has 0 radical (unpaired) electrons. The normalized spacial score (nSPS) is 23.0. The number of aromatic nitrogens is 1. The Kier molecular flexibility index (Phi) is 4.65. The minimum absolute atomic E-state index is 0.00597. The van der Waals surface area contributed by atoms with Gasteiger partial charge in [0, 0.05) is 25.4 Å². The molecule has 5 nitrogen and oxygen atoms in total. The number of carbonyl (C=O) groups is 1. The maximum Gasteiger partial charge on any atom is 0.272 e. The number of rotatable bonds is 3. The van der Waals surface area contributed by atoms with Crippen LogP contribution in [0.4, 0.5) is 0 Å². The van der Waals surface area contributed by atoms with Crippen LogP contribution < -0.4 is 10.1 Å². The number of pyridine rings is 1. The Balaban J connectivity index is 1.46. The summed E-state index contributed by atoms with van der Waals surface area (Å²) >= 11 is 0. The molecule has 1 amide bonds. The van der Waals surface area contributed by atoms with Gasteiger partial charge in [0.2, 0.25) is 0 Å². The molecule has 2 fully saturated rings. The lowest BCUT2D eigenvalue weighted by atomic mass is 9.92. The number of amides is 1. The van der Waals surface area contributed by atoms with Gasteiger partial charge in [0.1, 0.15) is 17.2 Å². The average molecular weight is 337 g/mol. The van der Waals surface area contributed by atoms with E-state index in [0.29, 0.717) is 23.3 Å². The highest BCUT2D eigenvalue weighted by molar-refractivity contribution is 5.92. The molecule has 0 aliphatic carbocycles. The fourth-order valence-electron chi connectivity index (χ4n) is 3.80. The Bertz CT molecular complexity index is 721. The van der Waals surface area contributed by atoms with Crippen molar-refractivity contribution in [2.75, 3.05) is 26.2 Å². The first-order valence-corrected chi connectivity index (χ1v) is 8.98. The molecule has 2 atom stereocenters. The molecule has 0 spiro atoms. The number of carbonyl (C=O) groups excluding carboxylic acids is 1. The van der Waals surface area contributed by atoms with Crippen molar-refractivity contribution in [3.63, 3.8) is 0 Å². The molecule has 0 unspecified atom stereocenters. The van der Waals surface area contributed by atoms with E-state index in [1.54, 1.807) is 18.3 Å². The number of nitrogens with one attached hydrogen (secondary N) is 1. The van der Waals surface area contributed by atoms with E-state index in [1.165, 1.54) is 0 Å². The molecule has 0 bridgehead atoms. The van der Waals surface area contributed by atoms with Gasteiger partial charge in [-0.05, 0) is 56.0 Å². The number of benzene rings is 1. The summed E-state index contributed by atoms with van der Waals surface area (Å²) in [6, 6.07) is 13.1. The van der Waals surface area contributed by atoms with Crippen LogP contribution in [-0.4, -0.2) is 42.0 Å². The molecule has 130 valence electrons. The van der Waals surface area contributed by atoms with Crippen molar-refractivity contribution in [2.24, 2.45) is 11.8 Å². The minimum atomic E-state index is 0.00597. The van der Waals surface area contributed by atoms with Crippen molar-refractivity contribution < 1.29 is 9.53 Å². The molecule has 2 aromatic rings. The van der Waals surface area contributed by atoms with Gasteiger partial charge in [-0.25, -0.2) is 0 Å². The Morgan fingerprint density at radius 1 is 1.04 bits per heavy atom. The molecule has 25 heavy (non-hydrogen) atoms. The Hall–Kier alpha value is -2.40. The summed E-state index contributed by atoms with van der Waals surface area (Å²) in [6.07, 6.45) is 3.79. The van der Waals surface area contributed by atoms with Crippen LogP contribution in [0.5, 0.6) is 11.5 Å². The summed E-state index contributed by atoms with van der Waals surface area (Å²) < 4.78 is 5.82. The predicted octanol–water partition coefficient (Wildman–Crippen LogP) is 2.95. The molecule has 4 rings (SSSR count). The molecular formula is C20H23N3O2. The summed E-state index contributed by atoms with van der Waals surface area (Å²) in [5.74, 6) is 2.81. The van der Waals surface area contributed by atoms with Crippen molar-refractivity contribution in [2.45, 2.75) is 12.8 Å². The largest absolute Gasteiger partial charge is 0.457 e. The molecule has 2 aliphatic rings.